The van der Waals surface area contributed by atoms with Gasteiger partial charge in [-0.05, 0) is 18.2 Å². The summed E-state index contributed by atoms with van der Waals surface area (Å²) in [5.74, 6) is -0.929. The van der Waals surface area contributed by atoms with Crippen molar-refractivity contribution in [3.63, 3.8) is 0 Å². The van der Waals surface area contributed by atoms with Gasteiger partial charge < -0.3 is 10.1 Å². The zero-order chi connectivity index (χ0) is 9.97. The van der Waals surface area contributed by atoms with Crippen LogP contribution in [0.3, 0.4) is 0 Å². The fourth-order valence-corrected chi connectivity index (χ4v) is 1.22. The number of aromatic amines is 1. The minimum atomic E-state index is -0.929. The highest BCUT2D eigenvalue weighted by molar-refractivity contribution is 5.89. The molecule has 2 aromatic rings. The molecule has 0 aliphatic heterocycles. The van der Waals surface area contributed by atoms with Gasteiger partial charge in [-0.1, -0.05) is 0 Å². The summed E-state index contributed by atoms with van der Waals surface area (Å²) in [6.45, 7) is 0. The topological polar surface area (TPSA) is 66.0 Å². The highest BCUT2D eigenvalue weighted by Crippen LogP contribution is 2.17. The van der Waals surface area contributed by atoms with E-state index in [4.69, 9.17) is 5.11 Å². The van der Waals surface area contributed by atoms with Crippen molar-refractivity contribution >= 4 is 18.4 Å². The van der Waals surface area contributed by atoms with Crippen molar-refractivity contribution in [3.05, 3.63) is 42.4 Å². The van der Waals surface area contributed by atoms with Crippen molar-refractivity contribution in [2.24, 2.45) is 0 Å². The molecule has 0 fully saturated rings. The van der Waals surface area contributed by atoms with Crippen molar-refractivity contribution in [2.75, 3.05) is 0 Å². The summed E-state index contributed by atoms with van der Waals surface area (Å²) in [6, 6.07) is 5.23. The number of hydrogen-bond donors (Lipinski definition) is 2. The number of hydrogen-bond acceptors (Lipinski definition) is 2. The van der Waals surface area contributed by atoms with Crippen LogP contribution in [0, 0.1) is 0 Å². The summed E-state index contributed by atoms with van der Waals surface area (Å²) in [7, 11) is 0. The molecule has 0 aromatic carbocycles. The van der Waals surface area contributed by atoms with Gasteiger partial charge in [-0.2, -0.15) is 0 Å². The zero-order valence-electron chi connectivity index (χ0n) is 7.68. The first-order valence-corrected chi connectivity index (χ1v) is 4.09. The van der Waals surface area contributed by atoms with E-state index in [2.05, 4.69) is 9.97 Å². The smallest absolute Gasteiger partial charge is 0.337 e. The van der Waals surface area contributed by atoms with Gasteiger partial charge >= 0.3 is 5.97 Å². The second-order valence-corrected chi connectivity index (χ2v) is 2.84. The molecule has 5 heteroatoms. The molecule has 0 amide bonds. The Morgan fingerprint density at radius 2 is 2.00 bits per heavy atom. The number of nitrogens with zero attached hydrogens (tertiary/aromatic N) is 1. The predicted molar refractivity (Wildman–Crippen MR) is 58.2 cm³/mol. The van der Waals surface area contributed by atoms with Crippen molar-refractivity contribution in [1.82, 2.24) is 9.97 Å². The third kappa shape index (κ3) is 2.35. The number of carboxylic acid groups (broad SMARTS) is 1. The molecule has 0 aliphatic rings. The van der Waals surface area contributed by atoms with E-state index in [9.17, 15) is 4.79 Å². The second kappa shape index (κ2) is 4.61. The van der Waals surface area contributed by atoms with Crippen LogP contribution in [0.15, 0.2) is 36.8 Å². The molecule has 0 radical (unpaired) electrons. The summed E-state index contributed by atoms with van der Waals surface area (Å²) in [4.78, 5) is 17.4. The largest absolute Gasteiger partial charge is 0.478 e. The van der Waals surface area contributed by atoms with Gasteiger partial charge in [0.1, 0.15) is 0 Å². The Morgan fingerprint density at radius 3 is 2.53 bits per heavy atom. The molecule has 2 rings (SSSR count). The molecule has 0 aliphatic carbocycles. The van der Waals surface area contributed by atoms with Crippen LogP contribution in [0.4, 0.5) is 0 Å². The highest BCUT2D eigenvalue weighted by atomic mass is 35.5. The number of rotatable bonds is 2. The Hall–Kier alpha value is -1.81. The molecule has 0 saturated heterocycles. The van der Waals surface area contributed by atoms with Crippen molar-refractivity contribution in [1.29, 1.82) is 0 Å². The first kappa shape index (κ1) is 11.3. The molecule has 0 unspecified atom stereocenters. The Morgan fingerprint density at radius 1 is 1.33 bits per heavy atom. The Kier molecular flexibility index (Phi) is 3.46. The van der Waals surface area contributed by atoms with Crippen LogP contribution in [0.5, 0.6) is 0 Å². The van der Waals surface area contributed by atoms with Gasteiger partial charge in [-0.3, -0.25) is 4.98 Å². The van der Waals surface area contributed by atoms with Crippen molar-refractivity contribution in [3.8, 4) is 11.3 Å². The summed E-state index contributed by atoms with van der Waals surface area (Å²) in [6.07, 6.45) is 4.80. The average Bonchev–Trinajstić information content (AvgIpc) is 2.68. The normalized spacial score (nSPS) is 9.33. The van der Waals surface area contributed by atoms with Crippen LogP contribution < -0.4 is 0 Å². The van der Waals surface area contributed by atoms with E-state index in [-0.39, 0.29) is 18.0 Å². The molecule has 2 N–H and O–H groups in total. The van der Waals surface area contributed by atoms with E-state index in [1.807, 2.05) is 12.1 Å². The number of pyridine rings is 1. The number of H-pyrrole nitrogens is 1. The lowest BCUT2D eigenvalue weighted by Gasteiger charge is -1.94. The van der Waals surface area contributed by atoms with E-state index in [0.717, 1.165) is 11.3 Å². The number of aromatic nitrogens is 2. The number of carbonyl (C=O) groups is 1. The minimum absolute atomic E-state index is 0. The van der Waals surface area contributed by atoms with Crippen LogP contribution in [0.2, 0.25) is 0 Å². The van der Waals surface area contributed by atoms with Crippen molar-refractivity contribution in [2.45, 2.75) is 0 Å². The Labute approximate surface area is 92.4 Å². The molecule has 0 saturated carbocycles. The van der Waals surface area contributed by atoms with E-state index in [1.165, 1.54) is 6.20 Å². The quantitative estimate of drug-likeness (QED) is 0.822. The van der Waals surface area contributed by atoms with E-state index in [1.54, 1.807) is 18.5 Å². The lowest BCUT2D eigenvalue weighted by Crippen LogP contribution is -1.91. The molecular weight excluding hydrogens is 216 g/mol. The van der Waals surface area contributed by atoms with Gasteiger partial charge in [0.05, 0.1) is 5.56 Å². The fourth-order valence-electron chi connectivity index (χ4n) is 1.22. The molecule has 0 atom stereocenters. The Balaban J connectivity index is 0.00000112. The third-order valence-electron chi connectivity index (χ3n) is 1.92. The summed E-state index contributed by atoms with van der Waals surface area (Å²) >= 11 is 0. The first-order valence-electron chi connectivity index (χ1n) is 4.09. The van der Waals surface area contributed by atoms with Gasteiger partial charge in [-0.25, -0.2) is 4.79 Å². The van der Waals surface area contributed by atoms with E-state index in [0.29, 0.717) is 0 Å². The molecule has 2 aromatic heterocycles. The van der Waals surface area contributed by atoms with Crippen LogP contribution in [0.1, 0.15) is 10.4 Å². The highest BCUT2D eigenvalue weighted by Gasteiger charge is 2.06. The molecule has 4 nitrogen and oxygen atoms in total. The molecule has 0 spiro atoms. The molecule has 2 heterocycles. The standard InChI is InChI=1S/C10H8N2O2.ClH/c13-10(14)8-5-9(12-6-8)7-1-3-11-4-2-7;/h1-6,12H,(H,13,14);1H. The second-order valence-electron chi connectivity index (χ2n) is 2.84. The molecule has 78 valence electrons. The first-order chi connectivity index (χ1) is 6.77. The van der Waals surface area contributed by atoms with Crippen LogP contribution >= 0.6 is 12.4 Å². The zero-order valence-corrected chi connectivity index (χ0v) is 8.49. The SMILES string of the molecule is Cl.O=C(O)c1c[nH]c(-c2ccncc2)c1. The third-order valence-corrected chi connectivity index (χ3v) is 1.92. The maximum absolute atomic E-state index is 10.6. The fraction of sp³-hybridized carbons (Fsp3) is 0. The number of nitrogens with one attached hydrogen (secondary N) is 1. The van der Waals surface area contributed by atoms with Gasteiger partial charge in [0.2, 0.25) is 0 Å². The Bertz CT molecular complexity index is 453. The lowest BCUT2D eigenvalue weighted by atomic mass is 10.2. The van der Waals surface area contributed by atoms with Crippen molar-refractivity contribution < 1.29 is 9.90 Å². The maximum atomic E-state index is 10.6. The lowest BCUT2D eigenvalue weighted by molar-refractivity contribution is 0.0697. The molecule has 0 bridgehead atoms. The van der Waals surface area contributed by atoms with Gasteiger partial charge in [0.25, 0.3) is 0 Å². The van der Waals surface area contributed by atoms with E-state index < -0.39 is 5.97 Å². The van der Waals surface area contributed by atoms with Crippen LogP contribution in [-0.4, -0.2) is 21.0 Å². The van der Waals surface area contributed by atoms with Gasteiger partial charge in [0.15, 0.2) is 0 Å². The van der Waals surface area contributed by atoms with Gasteiger partial charge in [-0.15, -0.1) is 12.4 Å². The minimum Gasteiger partial charge on any atom is -0.478 e. The molecule has 15 heavy (non-hydrogen) atoms. The molecular formula is C10H9ClN2O2. The van der Waals surface area contributed by atoms with Gasteiger partial charge in [0, 0.05) is 29.8 Å². The summed E-state index contributed by atoms with van der Waals surface area (Å²) in [5, 5.41) is 8.71. The number of aromatic carboxylic acids is 1. The average molecular weight is 225 g/mol. The predicted octanol–water partition coefficient (Wildman–Crippen LogP) is 2.20. The number of halogens is 1. The summed E-state index contributed by atoms with van der Waals surface area (Å²) in [5.41, 5.74) is 1.97. The van der Waals surface area contributed by atoms with E-state index >= 15 is 0 Å². The van der Waals surface area contributed by atoms with Crippen LogP contribution in [-0.2, 0) is 0 Å². The monoisotopic (exact) mass is 224 g/mol. The van der Waals surface area contributed by atoms with Crippen LogP contribution in [0.25, 0.3) is 11.3 Å². The summed E-state index contributed by atoms with van der Waals surface area (Å²) < 4.78 is 0. The maximum Gasteiger partial charge on any atom is 0.337 e. The number of carboxylic acids is 1.